The quantitative estimate of drug-likeness (QED) is 0.579. The number of fused-ring (bicyclic) bond motifs is 1. The van der Waals surface area contributed by atoms with Crippen molar-refractivity contribution in [1.82, 2.24) is 19.5 Å². The third kappa shape index (κ3) is 6.05. The molecule has 0 bridgehead atoms. The highest BCUT2D eigenvalue weighted by Gasteiger charge is 2.38. The molecule has 0 atom stereocenters. The highest BCUT2D eigenvalue weighted by molar-refractivity contribution is 5.73. The Morgan fingerprint density at radius 3 is 2.44 bits per heavy atom. The summed E-state index contributed by atoms with van der Waals surface area (Å²) >= 11 is 0. The lowest BCUT2D eigenvalue weighted by molar-refractivity contribution is -0.192. The minimum Gasteiger partial charge on any atom is -0.497 e. The maximum absolute atomic E-state index is 10.6. The second kappa shape index (κ2) is 10.0. The second-order valence-corrected chi connectivity index (χ2v) is 8.74. The van der Waals surface area contributed by atoms with Crippen LogP contribution < -0.4 is 4.74 Å². The van der Waals surface area contributed by atoms with Gasteiger partial charge >= 0.3 is 12.1 Å². The number of carboxylic acid groups (broad SMARTS) is 1. The Labute approximate surface area is 195 Å². The molecule has 1 saturated heterocycles. The SMILES string of the molecule is COc1cccc(-c2ccc3nc(C4CCN(CC5CC5)CC4)nn3c2)c1.O=C(O)C(F)(F)F. The number of likely N-dealkylation sites (tertiary alicyclic amines) is 1. The van der Waals surface area contributed by atoms with Gasteiger partial charge in [0.1, 0.15) is 5.75 Å². The van der Waals surface area contributed by atoms with Gasteiger partial charge in [-0.3, -0.25) is 0 Å². The number of piperidine rings is 1. The predicted molar refractivity (Wildman–Crippen MR) is 120 cm³/mol. The van der Waals surface area contributed by atoms with Gasteiger partial charge in [-0.2, -0.15) is 18.3 Å². The number of pyridine rings is 1. The molecular formula is C24H27F3N4O3. The molecule has 2 fully saturated rings. The number of aromatic nitrogens is 3. The molecule has 2 aromatic heterocycles. The molecule has 1 N–H and O–H groups in total. The van der Waals surface area contributed by atoms with Gasteiger partial charge in [0.05, 0.1) is 7.11 Å². The summed E-state index contributed by atoms with van der Waals surface area (Å²) in [5, 5.41) is 11.9. The number of ether oxygens (including phenoxy) is 1. The van der Waals surface area contributed by atoms with Gasteiger partial charge in [0.2, 0.25) is 0 Å². The summed E-state index contributed by atoms with van der Waals surface area (Å²) in [6, 6.07) is 12.3. The Kier molecular flexibility index (Phi) is 7.06. The molecular weight excluding hydrogens is 449 g/mol. The maximum Gasteiger partial charge on any atom is 0.490 e. The van der Waals surface area contributed by atoms with Gasteiger partial charge in [-0.15, -0.1) is 0 Å². The van der Waals surface area contributed by atoms with Crippen molar-refractivity contribution in [3.63, 3.8) is 0 Å². The van der Waals surface area contributed by atoms with Gasteiger partial charge in [-0.25, -0.2) is 14.3 Å². The van der Waals surface area contributed by atoms with Crippen molar-refractivity contribution in [1.29, 1.82) is 0 Å². The van der Waals surface area contributed by atoms with Gasteiger partial charge in [0, 0.05) is 24.2 Å². The topological polar surface area (TPSA) is 80.0 Å². The Bertz CT molecular complexity index is 1140. The zero-order valence-corrected chi connectivity index (χ0v) is 18.8. The molecule has 1 saturated carbocycles. The summed E-state index contributed by atoms with van der Waals surface area (Å²) in [5.41, 5.74) is 3.18. The van der Waals surface area contributed by atoms with E-state index in [1.54, 1.807) is 7.11 Å². The number of nitrogens with zero attached hydrogens (tertiary/aromatic N) is 4. The Morgan fingerprint density at radius 2 is 1.82 bits per heavy atom. The molecule has 182 valence electrons. The minimum atomic E-state index is -5.08. The zero-order chi connectivity index (χ0) is 24.3. The molecule has 2 aliphatic rings. The number of benzene rings is 1. The number of hydrogen-bond donors (Lipinski definition) is 1. The largest absolute Gasteiger partial charge is 0.497 e. The highest BCUT2D eigenvalue weighted by atomic mass is 19.4. The van der Waals surface area contributed by atoms with Crippen LogP contribution in [0.3, 0.4) is 0 Å². The van der Waals surface area contributed by atoms with E-state index in [0.29, 0.717) is 5.92 Å². The lowest BCUT2D eigenvalue weighted by Gasteiger charge is -2.30. The van der Waals surface area contributed by atoms with Crippen LogP contribution in [0.1, 0.15) is 37.4 Å². The van der Waals surface area contributed by atoms with Gasteiger partial charge < -0.3 is 14.7 Å². The van der Waals surface area contributed by atoms with Crippen LogP contribution >= 0.6 is 0 Å². The Morgan fingerprint density at radius 1 is 1.12 bits per heavy atom. The van der Waals surface area contributed by atoms with E-state index in [9.17, 15) is 13.2 Å². The van der Waals surface area contributed by atoms with E-state index in [1.807, 2.05) is 16.6 Å². The van der Waals surface area contributed by atoms with Crippen molar-refractivity contribution >= 4 is 11.6 Å². The second-order valence-electron chi connectivity index (χ2n) is 8.74. The van der Waals surface area contributed by atoms with Crippen molar-refractivity contribution in [3.05, 3.63) is 48.4 Å². The summed E-state index contributed by atoms with van der Waals surface area (Å²) in [6.45, 7) is 3.67. The van der Waals surface area contributed by atoms with Crippen LogP contribution in [0.4, 0.5) is 13.2 Å². The van der Waals surface area contributed by atoms with Crippen LogP contribution in [0.2, 0.25) is 0 Å². The molecule has 3 heterocycles. The Hall–Kier alpha value is -3.14. The van der Waals surface area contributed by atoms with Gasteiger partial charge in [-0.05, 0) is 74.5 Å². The Balaban J connectivity index is 0.000000344. The molecule has 0 spiro atoms. The first-order chi connectivity index (χ1) is 16.2. The van der Waals surface area contributed by atoms with Crippen LogP contribution in [0.5, 0.6) is 5.75 Å². The van der Waals surface area contributed by atoms with E-state index in [-0.39, 0.29) is 0 Å². The number of aliphatic carboxylic acids is 1. The van der Waals surface area contributed by atoms with E-state index in [2.05, 4.69) is 35.4 Å². The fourth-order valence-electron chi connectivity index (χ4n) is 4.09. The first kappa shape index (κ1) is 24.0. The van der Waals surface area contributed by atoms with Crippen LogP contribution in [-0.4, -0.2) is 63.5 Å². The summed E-state index contributed by atoms with van der Waals surface area (Å²) in [4.78, 5) is 16.3. The van der Waals surface area contributed by atoms with Crippen molar-refractivity contribution in [2.24, 2.45) is 5.92 Å². The molecule has 0 radical (unpaired) electrons. The standard InChI is InChI=1S/C22H26N4O.C2HF3O2/c1-27-20-4-2-3-18(13-20)19-7-8-21-23-22(24-26(21)15-19)17-9-11-25(12-10-17)14-16-5-6-16;3-2(4,5)1(6)7/h2-4,7-8,13,15-17H,5-6,9-12,14H2,1H3;(H,6,7). The predicted octanol–water partition coefficient (Wildman–Crippen LogP) is 4.63. The summed E-state index contributed by atoms with van der Waals surface area (Å²) in [6.07, 6.45) is 2.20. The van der Waals surface area contributed by atoms with E-state index < -0.39 is 12.1 Å². The third-order valence-electron chi connectivity index (χ3n) is 6.16. The van der Waals surface area contributed by atoms with Crippen LogP contribution in [0, 0.1) is 5.92 Å². The van der Waals surface area contributed by atoms with Crippen molar-refractivity contribution < 1.29 is 27.8 Å². The first-order valence-corrected chi connectivity index (χ1v) is 11.3. The number of rotatable bonds is 5. The van der Waals surface area contributed by atoms with E-state index in [0.717, 1.165) is 34.3 Å². The lowest BCUT2D eigenvalue weighted by Crippen LogP contribution is -2.34. The number of methoxy groups -OCH3 is 1. The normalized spacial score (nSPS) is 17.3. The van der Waals surface area contributed by atoms with Crippen molar-refractivity contribution in [2.75, 3.05) is 26.7 Å². The van der Waals surface area contributed by atoms with Crippen LogP contribution in [0.25, 0.3) is 16.8 Å². The smallest absolute Gasteiger partial charge is 0.490 e. The molecule has 1 aliphatic heterocycles. The van der Waals surface area contributed by atoms with Gasteiger partial charge in [0.25, 0.3) is 0 Å². The van der Waals surface area contributed by atoms with Crippen molar-refractivity contribution in [2.45, 2.75) is 37.8 Å². The molecule has 3 aromatic rings. The van der Waals surface area contributed by atoms with Gasteiger partial charge in [0.15, 0.2) is 11.5 Å². The van der Waals surface area contributed by atoms with Gasteiger partial charge in [-0.1, -0.05) is 12.1 Å². The highest BCUT2D eigenvalue weighted by Crippen LogP contribution is 2.33. The summed E-state index contributed by atoms with van der Waals surface area (Å²) in [7, 11) is 1.70. The fourth-order valence-corrected chi connectivity index (χ4v) is 4.09. The number of hydrogen-bond acceptors (Lipinski definition) is 5. The summed E-state index contributed by atoms with van der Waals surface area (Å²) in [5.74, 6) is 0.576. The first-order valence-electron chi connectivity index (χ1n) is 11.3. The summed E-state index contributed by atoms with van der Waals surface area (Å²) < 4.78 is 39.0. The zero-order valence-electron chi connectivity index (χ0n) is 18.8. The van der Waals surface area contributed by atoms with E-state index in [4.69, 9.17) is 24.7 Å². The minimum absolute atomic E-state index is 0.487. The molecule has 10 heteroatoms. The third-order valence-corrected chi connectivity index (χ3v) is 6.16. The van der Waals surface area contributed by atoms with E-state index in [1.165, 1.54) is 45.3 Å². The van der Waals surface area contributed by atoms with Crippen LogP contribution in [0.15, 0.2) is 42.6 Å². The average Bonchev–Trinajstić information content (AvgIpc) is 3.53. The number of halogens is 3. The van der Waals surface area contributed by atoms with Crippen LogP contribution in [-0.2, 0) is 4.79 Å². The molecule has 34 heavy (non-hydrogen) atoms. The molecule has 1 aromatic carbocycles. The maximum atomic E-state index is 10.6. The van der Waals surface area contributed by atoms with Crippen molar-refractivity contribution in [3.8, 4) is 16.9 Å². The van der Waals surface area contributed by atoms with E-state index >= 15 is 0 Å². The average molecular weight is 476 g/mol. The molecule has 0 amide bonds. The molecule has 5 rings (SSSR count). The monoisotopic (exact) mass is 476 g/mol. The number of carboxylic acids is 1. The molecule has 1 aliphatic carbocycles. The molecule has 0 unspecified atom stereocenters. The molecule has 7 nitrogen and oxygen atoms in total. The fraction of sp³-hybridized carbons (Fsp3) is 0.458. The number of alkyl halides is 3. The number of carbonyl (C=O) groups is 1. The lowest BCUT2D eigenvalue weighted by atomic mass is 9.96.